The third-order valence-electron chi connectivity index (χ3n) is 3.80. The fourth-order valence-corrected chi connectivity index (χ4v) is 2.66. The maximum atomic E-state index is 4.25. The second-order valence-electron chi connectivity index (χ2n) is 5.44. The molecule has 0 spiro atoms. The van der Waals surface area contributed by atoms with E-state index in [1.807, 2.05) is 23.1 Å². The Morgan fingerprint density at radius 2 is 2.25 bits per heavy atom. The number of aromatic nitrogens is 2. The molecule has 1 unspecified atom stereocenters. The summed E-state index contributed by atoms with van der Waals surface area (Å²) < 4.78 is 1.95. The van der Waals surface area contributed by atoms with Crippen LogP contribution in [-0.4, -0.2) is 16.3 Å². The fourth-order valence-electron chi connectivity index (χ4n) is 2.66. The summed E-state index contributed by atoms with van der Waals surface area (Å²) >= 11 is 0. The highest BCUT2D eigenvalue weighted by molar-refractivity contribution is 5.45. The van der Waals surface area contributed by atoms with E-state index in [1.165, 1.54) is 30.5 Å². The van der Waals surface area contributed by atoms with E-state index in [0.717, 1.165) is 19.0 Å². The number of benzene rings is 1. The number of rotatable bonds is 5. The van der Waals surface area contributed by atoms with Gasteiger partial charge in [0.05, 0.1) is 6.54 Å². The Morgan fingerprint density at radius 3 is 3.05 bits per heavy atom. The molecule has 1 heterocycles. The molecule has 0 fully saturated rings. The van der Waals surface area contributed by atoms with Crippen molar-refractivity contribution in [3.63, 3.8) is 0 Å². The normalized spacial score (nSPS) is 18.1. The molecule has 0 amide bonds. The van der Waals surface area contributed by atoms with Crippen molar-refractivity contribution in [2.75, 3.05) is 11.9 Å². The highest BCUT2D eigenvalue weighted by Gasteiger charge is 2.09. The van der Waals surface area contributed by atoms with Gasteiger partial charge in [-0.3, -0.25) is 4.68 Å². The van der Waals surface area contributed by atoms with E-state index < -0.39 is 0 Å². The Balaban J connectivity index is 1.58. The van der Waals surface area contributed by atoms with Crippen LogP contribution in [0.15, 0.2) is 54.9 Å². The average molecular weight is 267 g/mol. The number of hydrogen-bond donors (Lipinski definition) is 1. The number of nitrogens with one attached hydrogen (secondary N) is 1. The van der Waals surface area contributed by atoms with Crippen LogP contribution in [0.4, 0.5) is 5.69 Å². The van der Waals surface area contributed by atoms with Crippen molar-refractivity contribution in [2.24, 2.45) is 5.92 Å². The Kier molecular flexibility index (Phi) is 4.16. The van der Waals surface area contributed by atoms with Crippen LogP contribution in [-0.2, 0) is 6.54 Å². The summed E-state index contributed by atoms with van der Waals surface area (Å²) in [5.41, 5.74) is 2.49. The van der Waals surface area contributed by atoms with Crippen molar-refractivity contribution in [1.29, 1.82) is 0 Å². The highest BCUT2D eigenvalue weighted by atomic mass is 15.3. The van der Waals surface area contributed by atoms with E-state index in [0.29, 0.717) is 0 Å². The van der Waals surface area contributed by atoms with Crippen LogP contribution in [0.5, 0.6) is 0 Å². The van der Waals surface area contributed by atoms with E-state index in [-0.39, 0.29) is 0 Å². The summed E-state index contributed by atoms with van der Waals surface area (Å²) in [5.74, 6) is 0.773. The topological polar surface area (TPSA) is 29.9 Å². The predicted molar refractivity (Wildman–Crippen MR) is 82.7 cm³/mol. The van der Waals surface area contributed by atoms with Crippen LogP contribution in [0, 0.1) is 5.92 Å². The summed E-state index contributed by atoms with van der Waals surface area (Å²) in [6.45, 7) is 1.89. The van der Waals surface area contributed by atoms with Gasteiger partial charge in [0.15, 0.2) is 0 Å². The molecule has 3 nitrogen and oxygen atoms in total. The molecule has 3 rings (SSSR count). The van der Waals surface area contributed by atoms with E-state index in [9.17, 15) is 0 Å². The predicted octanol–water partition coefficient (Wildman–Crippen LogP) is 3.70. The smallest absolute Gasteiger partial charge is 0.0660 e. The Bertz CT molecular complexity index is 557. The molecule has 1 aromatic heterocycles. The van der Waals surface area contributed by atoms with Crippen molar-refractivity contribution in [2.45, 2.75) is 25.8 Å². The third-order valence-corrected chi connectivity index (χ3v) is 3.80. The zero-order chi connectivity index (χ0) is 13.6. The molecule has 0 radical (unpaired) electrons. The zero-order valence-electron chi connectivity index (χ0n) is 11.7. The summed E-state index contributed by atoms with van der Waals surface area (Å²) in [4.78, 5) is 0. The van der Waals surface area contributed by atoms with Gasteiger partial charge in [0.1, 0.15) is 0 Å². The van der Waals surface area contributed by atoms with E-state index in [2.05, 4.69) is 46.8 Å². The van der Waals surface area contributed by atoms with E-state index >= 15 is 0 Å². The molecule has 1 atom stereocenters. The highest BCUT2D eigenvalue weighted by Crippen LogP contribution is 2.19. The minimum absolute atomic E-state index is 0.773. The molecular formula is C17H21N3. The van der Waals surface area contributed by atoms with Crippen LogP contribution >= 0.6 is 0 Å². The SMILES string of the molecule is C1=CCC(CNc2cccc(Cn3cccn3)c2)CC1. The molecule has 1 aliphatic rings. The van der Waals surface area contributed by atoms with Gasteiger partial charge in [-0.2, -0.15) is 5.10 Å². The van der Waals surface area contributed by atoms with Gasteiger partial charge in [-0.25, -0.2) is 0 Å². The molecule has 0 bridgehead atoms. The lowest BCUT2D eigenvalue weighted by Crippen LogP contribution is -2.15. The molecule has 1 aliphatic carbocycles. The Hall–Kier alpha value is -2.03. The van der Waals surface area contributed by atoms with Gasteiger partial charge in [-0.1, -0.05) is 24.3 Å². The van der Waals surface area contributed by atoms with E-state index in [1.54, 1.807) is 0 Å². The maximum Gasteiger partial charge on any atom is 0.0660 e. The molecule has 1 aromatic carbocycles. The van der Waals surface area contributed by atoms with Gasteiger partial charge in [-0.05, 0) is 48.9 Å². The molecule has 20 heavy (non-hydrogen) atoms. The lowest BCUT2D eigenvalue weighted by atomic mass is 9.94. The first kappa shape index (κ1) is 13.0. The third kappa shape index (κ3) is 3.50. The van der Waals surface area contributed by atoms with Crippen LogP contribution in [0.25, 0.3) is 0 Å². The standard InChI is InChI=1S/C17H21N3/c1-2-6-15(7-3-1)13-18-17-9-4-8-16(12-17)14-20-11-5-10-19-20/h1-2,4-5,8-12,15,18H,3,6-7,13-14H2. The fraction of sp³-hybridized carbons (Fsp3) is 0.353. The van der Waals surface area contributed by atoms with Crippen molar-refractivity contribution < 1.29 is 0 Å². The second-order valence-corrected chi connectivity index (χ2v) is 5.44. The Morgan fingerprint density at radius 1 is 1.25 bits per heavy atom. The van der Waals surface area contributed by atoms with Gasteiger partial charge in [0.25, 0.3) is 0 Å². The van der Waals surface area contributed by atoms with Gasteiger partial charge in [0, 0.05) is 24.6 Å². The van der Waals surface area contributed by atoms with Crippen LogP contribution in [0.3, 0.4) is 0 Å². The monoisotopic (exact) mass is 267 g/mol. The summed E-state index contributed by atoms with van der Waals surface area (Å²) in [6, 6.07) is 10.6. The Labute approximate surface area is 120 Å². The van der Waals surface area contributed by atoms with E-state index in [4.69, 9.17) is 0 Å². The van der Waals surface area contributed by atoms with Crippen LogP contribution in [0.1, 0.15) is 24.8 Å². The van der Waals surface area contributed by atoms with Crippen molar-refractivity contribution in [3.05, 3.63) is 60.4 Å². The van der Waals surface area contributed by atoms with Gasteiger partial charge in [0.2, 0.25) is 0 Å². The summed E-state index contributed by atoms with van der Waals surface area (Å²) in [7, 11) is 0. The van der Waals surface area contributed by atoms with Crippen molar-refractivity contribution >= 4 is 5.69 Å². The minimum Gasteiger partial charge on any atom is -0.385 e. The summed E-state index contributed by atoms with van der Waals surface area (Å²) in [6.07, 6.45) is 12.2. The summed E-state index contributed by atoms with van der Waals surface area (Å²) in [5, 5.41) is 7.82. The molecule has 1 N–H and O–H groups in total. The number of nitrogens with zero attached hydrogens (tertiary/aromatic N) is 2. The number of hydrogen-bond acceptors (Lipinski definition) is 2. The van der Waals surface area contributed by atoms with Crippen molar-refractivity contribution in [1.82, 2.24) is 9.78 Å². The number of allylic oxidation sites excluding steroid dienone is 2. The molecule has 0 saturated carbocycles. The first-order chi connectivity index (χ1) is 9.90. The largest absolute Gasteiger partial charge is 0.385 e. The zero-order valence-corrected chi connectivity index (χ0v) is 11.7. The van der Waals surface area contributed by atoms with Crippen LogP contribution < -0.4 is 5.32 Å². The lowest BCUT2D eigenvalue weighted by Gasteiger charge is -2.19. The lowest BCUT2D eigenvalue weighted by molar-refractivity contribution is 0.504. The first-order valence-corrected chi connectivity index (χ1v) is 7.35. The molecular weight excluding hydrogens is 246 g/mol. The molecule has 0 saturated heterocycles. The van der Waals surface area contributed by atoms with Gasteiger partial charge in [-0.15, -0.1) is 0 Å². The van der Waals surface area contributed by atoms with Gasteiger partial charge >= 0.3 is 0 Å². The molecule has 3 heteroatoms. The first-order valence-electron chi connectivity index (χ1n) is 7.35. The van der Waals surface area contributed by atoms with Gasteiger partial charge < -0.3 is 5.32 Å². The maximum absolute atomic E-state index is 4.25. The average Bonchev–Trinajstić information content (AvgIpc) is 3.00. The quantitative estimate of drug-likeness (QED) is 0.837. The minimum atomic E-state index is 0.773. The number of anilines is 1. The molecule has 0 aliphatic heterocycles. The van der Waals surface area contributed by atoms with Crippen molar-refractivity contribution in [3.8, 4) is 0 Å². The second kappa shape index (κ2) is 6.42. The molecule has 104 valence electrons. The van der Waals surface area contributed by atoms with Crippen LogP contribution in [0.2, 0.25) is 0 Å². The molecule has 2 aromatic rings.